The fourth-order valence-corrected chi connectivity index (χ4v) is 2.82. The lowest BCUT2D eigenvalue weighted by atomic mass is 10.0. The molecule has 0 radical (unpaired) electrons. The number of carbonyl (C=O) groups excluding carboxylic acids is 1. The number of hydrogen-bond acceptors (Lipinski definition) is 3. The van der Waals surface area contributed by atoms with Crippen LogP contribution in [-0.4, -0.2) is 36.2 Å². The Morgan fingerprint density at radius 1 is 1.38 bits per heavy atom. The third-order valence-electron chi connectivity index (χ3n) is 3.88. The van der Waals surface area contributed by atoms with E-state index >= 15 is 0 Å². The van der Waals surface area contributed by atoms with Crippen molar-refractivity contribution < 1.29 is 22.7 Å². The van der Waals surface area contributed by atoms with Crippen molar-refractivity contribution in [3.05, 3.63) is 35.4 Å². The lowest BCUT2D eigenvalue weighted by molar-refractivity contribution is -0.137. The normalized spacial score (nSPS) is 25.7. The van der Waals surface area contributed by atoms with Crippen molar-refractivity contribution in [2.75, 3.05) is 13.1 Å². The molecule has 0 aromatic heterocycles. The number of nitrogens with one attached hydrogen (secondary N) is 1. The van der Waals surface area contributed by atoms with Gasteiger partial charge in [-0.3, -0.25) is 4.90 Å². The number of amides is 1. The molecule has 2 heterocycles. The summed E-state index contributed by atoms with van der Waals surface area (Å²) >= 11 is 0. The van der Waals surface area contributed by atoms with Gasteiger partial charge in [0.1, 0.15) is 6.10 Å². The second-order valence-electron chi connectivity index (χ2n) is 5.31. The molecule has 7 heteroatoms. The molecule has 1 amide bonds. The Labute approximate surface area is 119 Å². The van der Waals surface area contributed by atoms with Crippen LogP contribution in [0, 0.1) is 0 Å². The number of benzene rings is 1. The van der Waals surface area contributed by atoms with Gasteiger partial charge in [-0.05, 0) is 30.7 Å². The van der Waals surface area contributed by atoms with Crippen molar-refractivity contribution in [2.24, 2.45) is 0 Å². The molecule has 2 atom stereocenters. The topological polar surface area (TPSA) is 41.6 Å². The van der Waals surface area contributed by atoms with Crippen LogP contribution in [0.2, 0.25) is 0 Å². The summed E-state index contributed by atoms with van der Waals surface area (Å²) in [5.41, 5.74) is -0.251. The number of halogens is 3. The minimum absolute atomic E-state index is 0.110. The maximum absolute atomic E-state index is 12.7. The molecule has 21 heavy (non-hydrogen) atoms. The van der Waals surface area contributed by atoms with Crippen LogP contribution in [0.25, 0.3) is 0 Å². The first-order valence-corrected chi connectivity index (χ1v) is 6.79. The van der Waals surface area contributed by atoms with E-state index in [0.717, 1.165) is 25.1 Å². The van der Waals surface area contributed by atoms with Crippen LogP contribution >= 0.6 is 0 Å². The second-order valence-corrected chi connectivity index (χ2v) is 5.31. The van der Waals surface area contributed by atoms with Crippen LogP contribution in [0.15, 0.2) is 24.3 Å². The van der Waals surface area contributed by atoms with Crippen molar-refractivity contribution in [3.8, 4) is 0 Å². The van der Waals surface area contributed by atoms with Gasteiger partial charge in [-0.25, -0.2) is 4.79 Å². The van der Waals surface area contributed by atoms with Gasteiger partial charge < -0.3 is 10.1 Å². The first kappa shape index (κ1) is 14.2. The van der Waals surface area contributed by atoms with Gasteiger partial charge >= 0.3 is 12.3 Å². The van der Waals surface area contributed by atoms with Gasteiger partial charge in [-0.15, -0.1) is 0 Å². The van der Waals surface area contributed by atoms with Gasteiger partial charge in [0.25, 0.3) is 0 Å². The maximum atomic E-state index is 12.7. The quantitative estimate of drug-likeness (QED) is 0.912. The maximum Gasteiger partial charge on any atom is 0.416 e. The average Bonchev–Trinajstić information content (AvgIpc) is 2.75. The minimum atomic E-state index is -4.38. The highest BCUT2D eigenvalue weighted by Gasteiger charge is 2.42. The lowest BCUT2D eigenvalue weighted by Gasteiger charge is -2.28. The highest BCUT2D eigenvalue weighted by atomic mass is 19.4. The fraction of sp³-hybridized carbons (Fsp3) is 0.500. The third kappa shape index (κ3) is 2.83. The molecular weight excluding hydrogens is 285 g/mol. The van der Waals surface area contributed by atoms with Gasteiger partial charge in [0, 0.05) is 13.1 Å². The summed E-state index contributed by atoms with van der Waals surface area (Å²) in [7, 11) is 0. The third-order valence-corrected chi connectivity index (χ3v) is 3.88. The zero-order valence-corrected chi connectivity index (χ0v) is 11.2. The highest BCUT2D eigenvalue weighted by molar-refractivity contribution is 5.71. The zero-order chi connectivity index (χ0) is 15.0. The number of fused-ring (bicyclic) bond motifs is 1. The average molecular weight is 300 g/mol. The van der Waals surface area contributed by atoms with E-state index in [0.29, 0.717) is 12.1 Å². The summed E-state index contributed by atoms with van der Waals surface area (Å²) < 4.78 is 43.4. The van der Waals surface area contributed by atoms with Crippen molar-refractivity contribution in [2.45, 2.75) is 31.3 Å². The first-order chi connectivity index (χ1) is 9.95. The number of nitrogens with zero attached hydrogens (tertiary/aromatic N) is 1. The van der Waals surface area contributed by atoms with E-state index in [9.17, 15) is 18.0 Å². The predicted octanol–water partition coefficient (Wildman–Crippen LogP) is 2.39. The van der Waals surface area contributed by atoms with E-state index in [1.54, 1.807) is 6.07 Å². The Bertz CT molecular complexity index is 547. The molecule has 2 aliphatic heterocycles. The van der Waals surface area contributed by atoms with E-state index < -0.39 is 17.8 Å². The Balaban J connectivity index is 1.78. The van der Waals surface area contributed by atoms with Crippen LogP contribution in [0.3, 0.4) is 0 Å². The number of carbonyl (C=O) groups is 1. The summed E-state index contributed by atoms with van der Waals surface area (Å²) in [5.74, 6) is 0. The van der Waals surface area contributed by atoms with Crippen LogP contribution in [0.5, 0.6) is 0 Å². The summed E-state index contributed by atoms with van der Waals surface area (Å²) in [6.45, 7) is 1.52. The molecule has 2 aliphatic rings. The molecule has 114 valence electrons. The van der Waals surface area contributed by atoms with Gasteiger partial charge in [0.05, 0.1) is 11.6 Å². The Kier molecular flexibility index (Phi) is 3.52. The van der Waals surface area contributed by atoms with E-state index in [4.69, 9.17) is 4.74 Å². The van der Waals surface area contributed by atoms with Crippen molar-refractivity contribution in [3.63, 3.8) is 0 Å². The van der Waals surface area contributed by atoms with E-state index in [2.05, 4.69) is 5.32 Å². The predicted molar refractivity (Wildman–Crippen MR) is 68.5 cm³/mol. The number of alkyl halides is 3. The molecule has 3 rings (SSSR count). The smallest absolute Gasteiger partial charge is 0.416 e. The molecule has 0 saturated carbocycles. The fourth-order valence-electron chi connectivity index (χ4n) is 2.82. The summed E-state index contributed by atoms with van der Waals surface area (Å²) in [6.07, 6.45) is -4.26. The summed E-state index contributed by atoms with van der Waals surface area (Å²) in [4.78, 5) is 13.4. The largest absolute Gasteiger partial charge is 0.444 e. The van der Waals surface area contributed by atoms with E-state index in [-0.39, 0.29) is 18.7 Å². The number of piperidine rings is 1. The lowest BCUT2D eigenvalue weighted by Crippen LogP contribution is -2.48. The molecule has 1 aromatic rings. The van der Waals surface area contributed by atoms with E-state index in [1.807, 2.05) is 0 Å². The number of rotatable bonds is 2. The molecule has 2 saturated heterocycles. The molecule has 1 N–H and O–H groups in total. The Morgan fingerprint density at radius 2 is 2.19 bits per heavy atom. The molecule has 4 nitrogen and oxygen atoms in total. The van der Waals surface area contributed by atoms with Crippen LogP contribution in [0.1, 0.15) is 17.5 Å². The number of hydrogen-bond donors (Lipinski definition) is 1. The number of ether oxygens (including phenoxy) is 1. The SMILES string of the molecule is O=C1OC2CCNCC2N1Cc1cccc(C(F)(F)F)c1. The standard InChI is InChI=1S/C14H15F3N2O2/c15-14(16,17)10-3-1-2-9(6-10)8-19-11-7-18-5-4-12(11)21-13(19)20/h1-3,6,11-12,18H,4-5,7-8H2. The molecule has 0 spiro atoms. The van der Waals surface area contributed by atoms with Crippen molar-refractivity contribution >= 4 is 6.09 Å². The van der Waals surface area contributed by atoms with Crippen molar-refractivity contribution in [1.29, 1.82) is 0 Å². The summed E-state index contributed by atoms with van der Waals surface area (Å²) in [6, 6.07) is 4.94. The van der Waals surface area contributed by atoms with Crippen LogP contribution < -0.4 is 5.32 Å². The van der Waals surface area contributed by atoms with Gasteiger partial charge in [0.15, 0.2) is 0 Å². The van der Waals surface area contributed by atoms with Crippen LogP contribution in [-0.2, 0) is 17.5 Å². The summed E-state index contributed by atoms with van der Waals surface area (Å²) in [5, 5.41) is 3.17. The minimum Gasteiger partial charge on any atom is -0.444 e. The molecule has 2 unspecified atom stereocenters. The molecule has 2 fully saturated rings. The van der Waals surface area contributed by atoms with E-state index in [1.165, 1.54) is 11.0 Å². The second kappa shape index (κ2) is 5.22. The van der Waals surface area contributed by atoms with Gasteiger partial charge in [-0.1, -0.05) is 12.1 Å². The molecule has 1 aromatic carbocycles. The molecule has 0 bridgehead atoms. The first-order valence-electron chi connectivity index (χ1n) is 6.79. The highest BCUT2D eigenvalue weighted by Crippen LogP contribution is 2.31. The zero-order valence-electron chi connectivity index (χ0n) is 11.2. The Morgan fingerprint density at radius 3 is 2.95 bits per heavy atom. The van der Waals surface area contributed by atoms with Crippen molar-refractivity contribution in [1.82, 2.24) is 10.2 Å². The van der Waals surface area contributed by atoms with Gasteiger partial charge in [-0.2, -0.15) is 13.2 Å². The molecule has 0 aliphatic carbocycles. The monoisotopic (exact) mass is 300 g/mol. The van der Waals surface area contributed by atoms with Crippen LogP contribution in [0.4, 0.5) is 18.0 Å². The Hall–Kier alpha value is -1.76. The molecular formula is C14H15F3N2O2. The van der Waals surface area contributed by atoms with Gasteiger partial charge in [0.2, 0.25) is 0 Å².